The number of aromatic hydroxyl groups is 1. The van der Waals surface area contributed by atoms with Crippen LogP contribution in [0.25, 0.3) is 22.2 Å². The van der Waals surface area contributed by atoms with E-state index in [4.69, 9.17) is 0 Å². The maximum absolute atomic E-state index is 12.5. The van der Waals surface area contributed by atoms with E-state index in [9.17, 15) is 18.3 Å². The van der Waals surface area contributed by atoms with Crippen LogP contribution in [-0.4, -0.2) is 25.0 Å². The lowest BCUT2D eigenvalue weighted by Gasteiger charge is -2.02. The van der Waals surface area contributed by atoms with E-state index in [2.05, 4.69) is 19.9 Å². The van der Waals surface area contributed by atoms with Crippen molar-refractivity contribution < 1.29 is 18.3 Å². The van der Waals surface area contributed by atoms with E-state index >= 15 is 0 Å². The number of halogens is 3. The molecular weight excluding hydrogens is 325 g/mol. The minimum Gasteiger partial charge on any atom is -0.493 e. The predicted molar refractivity (Wildman–Crippen MR) is 70.9 cm³/mol. The maximum atomic E-state index is 12.5. The Morgan fingerprint density at radius 2 is 1.86 bits per heavy atom. The summed E-state index contributed by atoms with van der Waals surface area (Å²) >= 11 is 2.09. The molecule has 108 valence electrons. The van der Waals surface area contributed by atoms with Crippen molar-refractivity contribution in [3.8, 4) is 28.1 Å². The summed E-state index contributed by atoms with van der Waals surface area (Å²) in [5, 5.41) is 12.2. The molecule has 0 aromatic carbocycles. The van der Waals surface area contributed by atoms with Gasteiger partial charge < -0.3 is 5.11 Å². The maximum Gasteiger partial charge on any atom is 0.434 e. The van der Waals surface area contributed by atoms with Crippen LogP contribution in [0.5, 0.6) is 5.88 Å². The van der Waals surface area contributed by atoms with Crippen molar-refractivity contribution >= 4 is 22.7 Å². The van der Waals surface area contributed by atoms with Crippen molar-refractivity contribution in [2.24, 2.45) is 0 Å². The van der Waals surface area contributed by atoms with Crippen molar-refractivity contribution in [3.63, 3.8) is 0 Å². The molecule has 0 aliphatic heterocycles. The van der Waals surface area contributed by atoms with Gasteiger partial charge in [-0.05, 0) is 0 Å². The molecule has 0 unspecified atom stereocenters. The summed E-state index contributed by atoms with van der Waals surface area (Å²) in [6.07, 6.45) is -4.52. The summed E-state index contributed by atoms with van der Waals surface area (Å²) in [4.78, 5) is 15.3. The molecule has 1 N–H and O–H groups in total. The van der Waals surface area contributed by atoms with Gasteiger partial charge in [0.2, 0.25) is 5.88 Å². The standard InChI is InChI=1S/C11H5F3N4OS2/c12-11(13,14)7-3-21-10(17-7)9-16-5(1-8(19)18-9)6-2-20-4-15-6/h1-4H,(H,16,18,19). The van der Waals surface area contributed by atoms with Crippen molar-refractivity contribution in [3.05, 3.63) is 28.0 Å². The Labute approximate surface area is 123 Å². The molecule has 3 aromatic heterocycles. The highest BCUT2D eigenvalue weighted by Gasteiger charge is 2.34. The fraction of sp³-hybridized carbons (Fsp3) is 0.0909. The summed E-state index contributed by atoms with van der Waals surface area (Å²) < 4.78 is 37.6. The number of aromatic nitrogens is 4. The average molecular weight is 330 g/mol. The van der Waals surface area contributed by atoms with Gasteiger partial charge in [0, 0.05) is 16.8 Å². The van der Waals surface area contributed by atoms with Crippen LogP contribution < -0.4 is 0 Å². The first-order chi connectivity index (χ1) is 9.93. The Balaban J connectivity index is 2.05. The van der Waals surface area contributed by atoms with Gasteiger partial charge in [-0.2, -0.15) is 18.2 Å². The number of alkyl halides is 3. The molecule has 0 aliphatic carbocycles. The molecule has 0 amide bonds. The number of hydrogen-bond donors (Lipinski definition) is 1. The third-order valence-corrected chi connectivity index (χ3v) is 3.82. The second kappa shape index (κ2) is 5.04. The van der Waals surface area contributed by atoms with Crippen LogP contribution in [0.2, 0.25) is 0 Å². The van der Waals surface area contributed by atoms with E-state index in [1.54, 1.807) is 10.9 Å². The Bertz CT molecular complexity index is 770. The number of hydrogen-bond acceptors (Lipinski definition) is 7. The van der Waals surface area contributed by atoms with E-state index in [0.29, 0.717) is 11.4 Å². The molecular formula is C11H5F3N4OS2. The molecule has 0 radical (unpaired) electrons. The zero-order valence-corrected chi connectivity index (χ0v) is 11.6. The average Bonchev–Trinajstić information content (AvgIpc) is 3.09. The van der Waals surface area contributed by atoms with Crippen LogP contribution in [0.3, 0.4) is 0 Å². The van der Waals surface area contributed by atoms with Gasteiger partial charge in [-0.1, -0.05) is 0 Å². The highest BCUT2D eigenvalue weighted by atomic mass is 32.1. The molecule has 0 aliphatic rings. The van der Waals surface area contributed by atoms with Crippen molar-refractivity contribution in [1.29, 1.82) is 0 Å². The smallest absolute Gasteiger partial charge is 0.434 e. The van der Waals surface area contributed by atoms with Gasteiger partial charge in [-0.25, -0.2) is 15.0 Å². The molecule has 0 fully saturated rings. The SMILES string of the molecule is Oc1cc(-c2cscn2)nc(-c2nc(C(F)(F)F)cs2)n1. The van der Waals surface area contributed by atoms with Crippen LogP contribution >= 0.6 is 22.7 Å². The molecule has 21 heavy (non-hydrogen) atoms. The molecule has 0 saturated heterocycles. The molecule has 0 saturated carbocycles. The monoisotopic (exact) mass is 330 g/mol. The third-order valence-electron chi connectivity index (χ3n) is 2.39. The van der Waals surface area contributed by atoms with Gasteiger partial charge in [0.1, 0.15) is 0 Å². The number of thiazole rings is 2. The number of rotatable bonds is 2. The molecule has 3 aromatic rings. The quantitative estimate of drug-likeness (QED) is 0.779. The third kappa shape index (κ3) is 2.85. The van der Waals surface area contributed by atoms with Crippen LogP contribution in [-0.2, 0) is 6.18 Å². The highest BCUT2D eigenvalue weighted by Crippen LogP contribution is 2.33. The number of nitrogens with zero attached hydrogens (tertiary/aromatic N) is 4. The Morgan fingerprint density at radius 3 is 2.48 bits per heavy atom. The highest BCUT2D eigenvalue weighted by molar-refractivity contribution is 7.13. The van der Waals surface area contributed by atoms with Gasteiger partial charge in [0.05, 0.1) is 16.9 Å². The molecule has 3 heterocycles. The normalized spacial score (nSPS) is 11.8. The minimum atomic E-state index is -4.52. The van der Waals surface area contributed by atoms with Crippen LogP contribution in [0.1, 0.15) is 5.69 Å². The lowest BCUT2D eigenvalue weighted by molar-refractivity contribution is -0.140. The lowest BCUT2D eigenvalue weighted by atomic mass is 10.3. The zero-order valence-electron chi connectivity index (χ0n) is 10.00. The Hall–Kier alpha value is -2.07. The van der Waals surface area contributed by atoms with E-state index in [1.807, 2.05) is 0 Å². The second-order valence-electron chi connectivity index (χ2n) is 3.84. The summed E-state index contributed by atoms with van der Waals surface area (Å²) in [5.74, 6) is -0.426. The van der Waals surface area contributed by atoms with E-state index in [0.717, 1.165) is 16.7 Å². The first-order valence-corrected chi connectivity index (χ1v) is 7.25. The fourth-order valence-corrected chi connectivity index (χ4v) is 2.81. The first kappa shape index (κ1) is 13.9. The van der Waals surface area contributed by atoms with Crippen molar-refractivity contribution in [1.82, 2.24) is 19.9 Å². The summed E-state index contributed by atoms with van der Waals surface area (Å²) in [7, 11) is 0. The van der Waals surface area contributed by atoms with Crippen molar-refractivity contribution in [2.75, 3.05) is 0 Å². The minimum absolute atomic E-state index is 0.0188. The molecule has 10 heteroatoms. The van der Waals surface area contributed by atoms with Gasteiger partial charge in [-0.15, -0.1) is 22.7 Å². The van der Waals surface area contributed by atoms with E-state index < -0.39 is 11.9 Å². The zero-order chi connectivity index (χ0) is 15.0. The van der Waals surface area contributed by atoms with Gasteiger partial charge in [-0.3, -0.25) is 0 Å². The van der Waals surface area contributed by atoms with Crippen LogP contribution in [0.4, 0.5) is 13.2 Å². The van der Waals surface area contributed by atoms with Crippen molar-refractivity contribution in [2.45, 2.75) is 6.18 Å². The van der Waals surface area contributed by atoms with E-state index in [-0.39, 0.29) is 16.7 Å². The van der Waals surface area contributed by atoms with Gasteiger partial charge in [0.25, 0.3) is 0 Å². The Kier molecular flexibility index (Phi) is 3.33. The summed E-state index contributed by atoms with van der Waals surface area (Å²) in [6.45, 7) is 0. The van der Waals surface area contributed by atoms with Gasteiger partial charge in [0.15, 0.2) is 16.5 Å². The van der Waals surface area contributed by atoms with E-state index in [1.165, 1.54) is 17.4 Å². The largest absolute Gasteiger partial charge is 0.493 e. The molecule has 0 atom stereocenters. The second-order valence-corrected chi connectivity index (χ2v) is 5.42. The molecule has 3 rings (SSSR count). The topological polar surface area (TPSA) is 71.8 Å². The summed E-state index contributed by atoms with van der Waals surface area (Å²) in [6, 6.07) is 1.29. The molecule has 0 bridgehead atoms. The lowest BCUT2D eigenvalue weighted by Crippen LogP contribution is -2.05. The predicted octanol–water partition coefficient (Wildman–Crippen LogP) is 3.45. The fourth-order valence-electron chi connectivity index (χ4n) is 1.51. The first-order valence-electron chi connectivity index (χ1n) is 5.43. The van der Waals surface area contributed by atoms with Crippen LogP contribution in [0, 0.1) is 0 Å². The van der Waals surface area contributed by atoms with Crippen LogP contribution in [0.15, 0.2) is 22.3 Å². The Morgan fingerprint density at radius 1 is 1.05 bits per heavy atom. The summed E-state index contributed by atoms with van der Waals surface area (Å²) in [5.41, 5.74) is 1.40. The molecule has 0 spiro atoms. The molecule has 5 nitrogen and oxygen atoms in total. The van der Waals surface area contributed by atoms with Gasteiger partial charge >= 0.3 is 6.18 Å².